The van der Waals surface area contributed by atoms with Crippen LogP contribution >= 0.6 is 0 Å². The summed E-state index contributed by atoms with van der Waals surface area (Å²) in [7, 11) is 0. The molecule has 8 heteroatoms. The molecule has 0 aromatic carbocycles. The van der Waals surface area contributed by atoms with Crippen LogP contribution in [0.2, 0.25) is 0 Å². The quantitative estimate of drug-likeness (QED) is 0.388. The average Bonchev–Trinajstić information content (AvgIpc) is 1.25. The van der Waals surface area contributed by atoms with Gasteiger partial charge < -0.3 is 30.0 Å². The summed E-state index contributed by atoms with van der Waals surface area (Å²) >= 11 is 0. The fraction of sp³-hybridized carbons (Fsp3) is 0. The minimum absolute atomic E-state index is 0. The molecule has 52 valence electrons. The predicted molar refractivity (Wildman–Crippen MR) is 22.3 cm³/mol. The van der Waals surface area contributed by atoms with Gasteiger partial charge in [0.15, 0.2) is 0 Å². The van der Waals surface area contributed by atoms with E-state index >= 15 is 0 Å². The summed E-state index contributed by atoms with van der Waals surface area (Å²) in [6.07, 6.45) is -4.67. The third kappa shape index (κ3) is 4370. The van der Waals surface area contributed by atoms with Gasteiger partial charge in [0, 0.05) is 0 Å². The Labute approximate surface area is 96.3 Å². The molecule has 4 radical (unpaired) electrons. The van der Waals surface area contributed by atoms with Crippen LogP contribution in [0.5, 0.6) is 0 Å². The van der Waals surface area contributed by atoms with Crippen LogP contribution in [-0.2, 0) is 0 Å². The molecule has 0 aliphatic heterocycles. The number of carbonyl (C=O) groups is 2. The second-order valence-electron chi connectivity index (χ2n) is 0.500. The van der Waals surface area contributed by atoms with Crippen LogP contribution in [0.4, 0.5) is 9.59 Å². The van der Waals surface area contributed by atoms with Crippen molar-refractivity contribution in [3.63, 3.8) is 0 Å². The first kappa shape index (κ1) is 22.4. The van der Waals surface area contributed by atoms with Crippen molar-refractivity contribution in [2.45, 2.75) is 0 Å². The predicted octanol–water partition coefficient (Wildman–Crippen LogP) is -5.66. The van der Waals surface area contributed by atoms with Crippen molar-refractivity contribution >= 4 is 67.1 Å². The van der Waals surface area contributed by atoms with Crippen molar-refractivity contribution in [1.82, 2.24) is 0 Å². The molecule has 0 aliphatic rings. The van der Waals surface area contributed by atoms with Gasteiger partial charge in [0.1, 0.15) is 0 Å². The first-order valence-corrected chi connectivity index (χ1v) is 1.22. The summed E-state index contributed by atoms with van der Waals surface area (Å²) in [5, 5.41) is 33.3. The molecule has 0 saturated heterocycles. The van der Waals surface area contributed by atoms with Crippen LogP contribution in [0.3, 0.4) is 0 Å². The molecule has 0 amide bonds. The van der Waals surface area contributed by atoms with Crippen LogP contribution in [0, 0.1) is 0 Å². The molecular formula is C2CaO6Se. The summed E-state index contributed by atoms with van der Waals surface area (Å²) in [4.78, 5) is 16.7. The smallest absolute Gasteiger partial charge is 0.652 e. The zero-order valence-corrected chi connectivity index (χ0v) is 8.49. The maximum Gasteiger partial charge on any atom is 2.00 e. The molecular weight excluding hydrogens is 239 g/mol. The van der Waals surface area contributed by atoms with Crippen LogP contribution in [-0.4, -0.2) is 67.1 Å². The molecule has 0 unspecified atom stereocenters. The fourth-order valence-electron chi connectivity index (χ4n) is 0. The van der Waals surface area contributed by atoms with E-state index in [2.05, 4.69) is 0 Å². The molecule has 0 N–H and O–H groups in total. The minimum atomic E-state index is -2.33. The van der Waals surface area contributed by atoms with Crippen molar-refractivity contribution in [1.29, 1.82) is 0 Å². The number of hydrogen-bond donors (Lipinski definition) is 0. The molecule has 0 aromatic rings. The number of carboxylic acid groups (broad SMARTS) is 4. The van der Waals surface area contributed by atoms with Crippen molar-refractivity contribution < 1.29 is 30.0 Å². The van der Waals surface area contributed by atoms with E-state index in [1.807, 2.05) is 0 Å². The average molecular weight is 239 g/mol. The largest absolute Gasteiger partial charge is 2.00 e. The van der Waals surface area contributed by atoms with Gasteiger partial charge in [-0.25, -0.2) is 0 Å². The molecule has 0 aromatic heterocycles. The van der Waals surface area contributed by atoms with Gasteiger partial charge in [-0.2, -0.15) is 0 Å². The van der Waals surface area contributed by atoms with Gasteiger partial charge in [-0.15, -0.1) is 0 Å². The van der Waals surface area contributed by atoms with Gasteiger partial charge in [0.05, 0.1) is 0 Å². The standard InChI is InChI=1S/2CH2O3.Ca.Se/c2*2-1(3)4;;/h2*(H2,2,3,4);;/q;;2*+2/p-4. The van der Waals surface area contributed by atoms with Gasteiger partial charge in [0.2, 0.25) is 0 Å². The third-order valence-electron chi connectivity index (χ3n) is 0. The van der Waals surface area contributed by atoms with Crippen LogP contribution in [0.1, 0.15) is 0 Å². The van der Waals surface area contributed by atoms with E-state index in [4.69, 9.17) is 30.0 Å². The monoisotopic (exact) mass is 240 g/mol. The van der Waals surface area contributed by atoms with Gasteiger partial charge >= 0.3 is 54.8 Å². The van der Waals surface area contributed by atoms with E-state index in [-0.39, 0.29) is 54.8 Å². The molecule has 0 bridgehead atoms. The zero-order chi connectivity index (χ0) is 7.15. The Hall–Kier alpha value is 0.319. The minimum Gasteiger partial charge on any atom is -0.652 e. The summed E-state index contributed by atoms with van der Waals surface area (Å²) in [6, 6.07) is 0. The van der Waals surface area contributed by atoms with E-state index in [1.165, 1.54) is 0 Å². The molecule has 0 saturated carbocycles. The Balaban J connectivity index is -0.0000000300. The van der Waals surface area contributed by atoms with Crippen molar-refractivity contribution in [2.24, 2.45) is 0 Å². The summed E-state index contributed by atoms with van der Waals surface area (Å²) < 4.78 is 0. The maximum atomic E-state index is 8.33. The number of carbonyl (C=O) groups excluding carboxylic acids is 2. The normalized spacial score (nSPS) is 4.80. The second-order valence-corrected chi connectivity index (χ2v) is 0.500. The number of rotatable bonds is 0. The van der Waals surface area contributed by atoms with E-state index in [9.17, 15) is 0 Å². The second kappa shape index (κ2) is 16.2. The Morgan fingerprint density at radius 3 is 0.800 bits per heavy atom. The van der Waals surface area contributed by atoms with Crippen molar-refractivity contribution in [3.05, 3.63) is 0 Å². The molecule has 6 nitrogen and oxygen atoms in total. The van der Waals surface area contributed by atoms with Gasteiger partial charge in [-0.05, 0) is 12.3 Å². The Morgan fingerprint density at radius 1 is 0.800 bits per heavy atom. The van der Waals surface area contributed by atoms with Gasteiger partial charge in [0.25, 0.3) is 0 Å². The maximum absolute atomic E-state index is 8.33. The third-order valence-corrected chi connectivity index (χ3v) is 0. The van der Waals surface area contributed by atoms with Gasteiger partial charge in [-0.3, -0.25) is 0 Å². The SMILES string of the molecule is O=C([O-])[O-].O=C([O-])[O-].[Ca+2].[Se+2]. The van der Waals surface area contributed by atoms with E-state index in [1.54, 1.807) is 0 Å². The summed E-state index contributed by atoms with van der Waals surface area (Å²) in [5.74, 6) is 0. The molecule has 0 heterocycles. The van der Waals surface area contributed by atoms with E-state index in [0.717, 1.165) is 0 Å². The van der Waals surface area contributed by atoms with Gasteiger partial charge in [-0.1, -0.05) is 0 Å². The molecule has 0 aliphatic carbocycles. The summed E-state index contributed by atoms with van der Waals surface area (Å²) in [5.41, 5.74) is 0. The first-order chi connectivity index (χ1) is 3.46. The van der Waals surface area contributed by atoms with Crippen LogP contribution in [0.25, 0.3) is 0 Å². The summed E-state index contributed by atoms with van der Waals surface area (Å²) in [6.45, 7) is 0. The first-order valence-electron chi connectivity index (χ1n) is 1.22. The number of hydrogen-bond acceptors (Lipinski definition) is 6. The molecule has 0 spiro atoms. The molecule has 0 fully saturated rings. The Bertz CT molecular complexity index is 73.7. The van der Waals surface area contributed by atoms with Crippen LogP contribution < -0.4 is 20.4 Å². The van der Waals surface area contributed by atoms with E-state index in [0.29, 0.717) is 0 Å². The fourth-order valence-corrected chi connectivity index (χ4v) is 0. The van der Waals surface area contributed by atoms with Crippen molar-refractivity contribution in [2.75, 3.05) is 0 Å². The molecule has 0 atom stereocenters. The zero-order valence-electron chi connectivity index (χ0n) is 4.56. The topological polar surface area (TPSA) is 126 Å². The van der Waals surface area contributed by atoms with E-state index < -0.39 is 12.3 Å². The van der Waals surface area contributed by atoms with Crippen molar-refractivity contribution in [3.8, 4) is 0 Å². The Kier molecular flexibility index (Phi) is 36.2. The van der Waals surface area contributed by atoms with Crippen LogP contribution in [0.15, 0.2) is 0 Å². The molecule has 0 rings (SSSR count). The Morgan fingerprint density at radius 2 is 0.800 bits per heavy atom. The molecule has 10 heavy (non-hydrogen) atoms.